The third-order valence-corrected chi connectivity index (χ3v) is 5.08. The van der Waals surface area contributed by atoms with E-state index in [0.717, 1.165) is 13.0 Å². The Balaban J connectivity index is 3.14. The molecule has 0 unspecified atom stereocenters. The van der Waals surface area contributed by atoms with E-state index in [1.165, 1.54) is 27.8 Å². The van der Waals surface area contributed by atoms with Gasteiger partial charge >= 0.3 is 0 Å². The van der Waals surface area contributed by atoms with Crippen LogP contribution in [0.5, 0.6) is 0 Å². The van der Waals surface area contributed by atoms with Crippen molar-refractivity contribution in [3.63, 3.8) is 0 Å². The molecule has 0 aliphatic rings. The number of nitrogens with one attached hydrogen (secondary N) is 1. The molecule has 1 heteroatoms. The second-order valence-corrected chi connectivity index (χ2v) is 8.31. The molecule has 0 amide bonds. The van der Waals surface area contributed by atoms with Crippen LogP contribution in [0, 0.1) is 34.6 Å². The van der Waals surface area contributed by atoms with Crippen LogP contribution in [0.3, 0.4) is 0 Å². The summed E-state index contributed by atoms with van der Waals surface area (Å²) in [7, 11) is 0. The van der Waals surface area contributed by atoms with Crippen molar-refractivity contribution in [2.75, 3.05) is 6.54 Å². The lowest BCUT2D eigenvalue weighted by Crippen LogP contribution is -2.38. The zero-order valence-corrected chi connectivity index (χ0v) is 15.9. The predicted octanol–water partition coefficient (Wildman–Crippen LogP) is 5.28. The summed E-state index contributed by atoms with van der Waals surface area (Å²) in [6.07, 6.45) is 1.16. The SMILES string of the molecule is Cc1c(C)c(C)c(C(C)(C)CCNC(C)(C)C)c(C)c1C. The van der Waals surface area contributed by atoms with E-state index in [1.54, 1.807) is 5.56 Å². The summed E-state index contributed by atoms with van der Waals surface area (Å²) in [5, 5.41) is 3.63. The number of benzene rings is 1. The van der Waals surface area contributed by atoms with Crippen molar-refractivity contribution >= 4 is 0 Å². The molecule has 0 atom stereocenters. The number of hydrogen-bond donors (Lipinski definition) is 1. The van der Waals surface area contributed by atoms with Crippen molar-refractivity contribution in [3.05, 3.63) is 33.4 Å². The van der Waals surface area contributed by atoms with Crippen LogP contribution in [0.25, 0.3) is 0 Å². The van der Waals surface area contributed by atoms with Gasteiger partial charge in [0, 0.05) is 5.54 Å². The third-order valence-electron chi connectivity index (χ3n) is 5.08. The van der Waals surface area contributed by atoms with Crippen LogP contribution < -0.4 is 5.32 Å². The number of rotatable bonds is 4. The summed E-state index contributed by atoms with van der Waals surface area (Å²) < 4.78 is 0. The normalized spacial score (nSPS) is 12.9. The van der Waals surface area contributed by atoms with E-state index in [1.807, 2.05) is 0 Å². The molecule has 0 aromatic heterocycles. The highest BCUT2D eigenvalue weighted by molar-refractivity contribution is 5.52. The molecule has 1 aromatic carbocycles. The van der Waals surface area contributed by atoms with Crippen molar-refractivity contribution in [2.45, 2.75) is 86.6 Å². The maximum atomic E-state index is 3.63. The average Bonchev–Trinajstić information content (AvgIpc) is 2.32. The van der Waals surface area contributed by atoms with Crippen molar-refractivity contribution in [1.82, 2.24) is 5.32 Å². The van der Waals surface area contributed by atoms with E-state index >= 15 is 0 Å². The van der Waals surface area contributed by atoms with Crippen LogP contribution in [0.4, 0.5) is 0 Å². The molecule has 0 saturated heterocycles. The molecule has 0 heterocycles. The predicted molar refractivity (Wildman–Crippen MR) is 95.5 cm³/mol. The first-order valence-electron chi connectivity index (χ1n) is 8.21. The Hall–Kier alpha value is -0.820. The Morgan fingerprint density at radius 2 is 1.05 bits per heavy atom. The lowest BCUT2D eigenvalue weighted by molar-refractivity contribution is 0.378. The maximum absolute atomic E-state index is 3.63. The lowest BCUT2D eigenvalue weighted by atomic mass is 9.74. The standard InChI is InChI=1S/C20H35N/c1-13-14(2)16(4)18(17(5)15(13)3)20(9,10)11-12-21-19(6,7)8/h21H,11-12H2,1-10H3. The third kappa shape index (κ3) is 4.10. The summed E-state index contributed by atoms with van der Waals surface area (Å²) in [6, 6.07) is 0. The molecule has 0 aliphatic heterocycles. The molecule has 0 saturated carbocycles. The highest BCUT2D eigenvalue weighted by Crippen LogP contribution is 2.36. The fourth-order valence-electron chi connectivity index (χ4n) is 3.39. The molecule has 1 nitrogen and oxygen atoms in total. The molecular weight excluding hydrogens is 254 g/mol. The Labute approximate surface area is 132 Å². The number of hydrogen-bond acceptors (Lipinski definition) is 1. The molecule has 120 valence electrons. The Morgan fingerprint density at radius 3 is 1.43 bits per heavy atom. The minimum absolute atomic E-state index is 0.194. The highest BCUT2D eigenvalue weighted by Gasteiger charge is 2.27. The smallest absolute Gasteiger partial charge is 0.00965 e. The fourth-order valence-corrected chi connectivity index (χ4v) is 3.39. The van der Waals surface area contributed by atoms with E-state index in [9.17, 15) is 0 Å². The molecule has 0 spiro atoms. The molecule has 0 bridgehead atoms. The van der Waals surface area contributed by atoms with Gasteiger partial charge < -0.3 is 5.32 Å². The molecule has 0 aliphatic carbocycles. The first-order valence-corrected chi connectivity index (χ1v) is 8.21. The summed E-state index contributed by atoms with van der Waals surface area (Å²) in [5.41, 5.74) is 9.30. The molecule has 1 aromatic rings. The van der Waals surface area contributed by atoms with E-state index in [4.69, 9.17) is 0 Å². The Kier molecular flexibility index (Phi) is 5.31. The van der Waals surface area contributed by atoms with E-state index < -0.39 is 0 Å². The van der Waals surface area contributed by atoms with Crippen molar-refractivity contribution in [2.24, 2.45) is 0 Å². The molecule has 0 fully saturated rings. The van der Waals surface area contributed by atoms with Gasteiger partial charge in [-0.15, -0.1) is 0 Å². The first kappa shape index (κ1) is 18.2. The topological polar surface area (TPSA) is 12.0 Å². The van der Waals surface area contributed by atoms with Crippen LogP contribution in [-0.4, -0.2) is 12.1 Å². The molecule has 0 radical (unpaired) electrons. The molecular formula is C20H35N. The minimum Gasteiger partial charge on any atom is -0.312 e. The van der Waals surface area contributed by atoms with Gasteiger partial charge in [0.2, 0.25) is 0 Å². The highest BCUT2D eigenvalue weighted by atomic mass is 14.9. The van der Waals surface area contributed by atoms with E-state index in [2.05, 4.69) is 74.6 Å². The minimum atomic E-state index is 0.194. The van der Waals surface area contributed by atoms with E-state index in [-0.39, 0.29) is 11.0 Å². The van der Waals surface area contributed by atoms with Gasteiger partial charge in [0.1, 0.15) is 0 Å². The zero-order chi connectivity index (χ0) is 16.6. The van der Waals surface area contributed by atoms with Crippen LogP contribution in [0.2, 0.25) is 0 Å². The van der Waals surface area contributed by atoms with Gasteiger partial charge in [-0.2, -0.15) is 0 Å². The van der Waals surface area contributed by atoms with Gasteiger partial charge in [0.15, 0.2) is 0 Å². The fraction of sp³-hybridized carbons (Fsp3) is 0.700. The van der Waals surface area contributed by atoms with Crippen LogP contribution >= 0.6 is 0 Å². The van der Waals surface area contributed by atoms with Crippen LogP contribution in [-0.2, 0) is 5.41 Å². The molecule has 21 heavy (non-hydrogen) atoms. The van der Waals surface area contributed by atoms with Gasteiger partial charge in [-0.25, -0.2) is 0 Å². The van der Waals surface area contributed by atoms with Gasteiger partial charge in [-0.3, -0.25) is 0 Å². The summed E-state index contributed by atoms with van der Waals surface area (Å²) in [4.78, 5) is 0. The summed E-state index contributed by atoms with van der Waals surface area (Å²) >= 11 is 0. The van der Waals surface area contributed by atoms with Crippen LogP contribution in [0.15, 0.2) is 0 Å². The quantitative estimate of drug-likeness (QED) is 0.794. The second-order valence-electron chi connectivity index (χ2n) is 8.31. The van der Waals surface area contributed by atoms with Gasteiger partial charge in [-0.05, 0) is 107 Å². The van der Waals surface area contributed by atoms with E-state index in [0.29, 0.717) is 0 Å². The Bertz CT molecular complexity index is 487. The van der Waals surface area contributed by atoms with Crippen molar-refractivity contribution in [3.8, 4) is 0 Å². The monoisotopic (exact) mass is 289 g/mol. The second kappa shape index (κ2) is 6.12. The average molecular weight is 290 g/mol. The lowest BCUT2D eigenvalue weighted by Gasteiger charge is -2.33. The van der Waals surface area contributed by atoms with Gasteiger partial charge in [0.25, 0.3) is 0 Å². The first-order chi connectivity index (χ1) is 9.38. The molecule has 1 rings (SSSR count). The van der Waals surface area contributed by atoms with Gasteiger partial charge in [0.05, 0.1) is 0 Å². The van der Waals surface area contributed by atoms with Gasteiger partial charge in [-0.1, -0.05) is 13.8 Å². The largest absolute Gasteiger partial charge is 0.312 e. The summed E-state index contributed by atoms with van der Waals surface area (Å²) in [5.74, 6) is 0. The summed E-state index contributed by atoms with van der Waals surface area (Å²) in [6.45, 7) is 23.9. The van der Waals surface area contributed by atoms with Crippen molar-refractivity contribution < 1.29 is 0 Å². The zero-order valence-electron chi connectivity index (χ0n) is 15.9. The Morgan fingerprint density at radius 1 is 0.667 bits per heavy atom. The van der Waals surface area contributed by atoms with Crippen LogP contribution in [0.1, 0.15) is 74.4 Å². The maximum Gasteiger partial charge on any atom is 0.00965 e. The molecule has 1 N–H and O–H groups in total. The van der Waals surface area contributed by atoms with Crippen molar-refractivity contribution in [1.29, 1.82) is 0 Å².